The Labute approximate surface area is 175 Å². The van der Waals surface area contributed by atoms with E-state index in [1.165, 1.54) is 12.1 Å². The van der Waals surface area contributed by atoms with Gasteiger partial charge in [-0.2, -0.15) is 5.10 Å². The van der Waals surface area contributed by atoms with Crippen LogP contribution in [-0.4, -0.2) is 32.6 Å². The molecule has 0 fully saturated rings. The number of benzene rings is 2. The molecule has 4 rings (SSSR count). The van der Waals surface area contributed by atoms with Crippen LogP contribution in [0.25, 0.3) is 0 Å². The zero-order valence-electron chi connectivity index (χ0n) is 15.9. The Kier molecular flexibility index (Phi) is 5.14. The molecule has 0 saturated heterocycles. The van der Waals surface area contributed by atoms with Gasteiger partial charge in [0.25, 0.3) is 5.69 Å². The summed E-state index contributed by atoms with van der Waals surface area (Å²) in [6, 6.07) is 10.3. The standard InChI is InChI=1S/C20H18BrN5O3/c1-3-4-18-22-23-19-10-13-9-16(21)17(29-2)11-15(13)20(24-25(18)19)12-5-7-14(8-6-12)26(27)28/h5-9,11H,3-4,10H2,1-2H3. The molecule has 3 aromatic rings. The molecule has 0 bridgehead atoms. The Balaban J connectivity index is 1.94. The van der Waals surface area contributed by atoms with Crippen molar-refractivity contribution >= 4 is 27.3 Å². The van der Waals surface area contributed by atoms with E-state index in [0.29, 0.717) is 17.9 Å². The van der Waals surface area contributed by atoms with Crippen LogP contribution in [0.1, 0.15) is 41.7 Å². The lowest BCUT2D eigenvalue weighted by atomic mass is 9.95. The van der Waals surface area contributed by atoms with Gasteiger partial charge in [0.05, 0.1) is 22.2 Å². The SMILES string of the molecule is CCCc1nnc2n1N=C(c1ccc([N+](=O)[O-])cc1)c1cc(OC)c(Br)cc1C2. The summed E-state index contributed by atoms with van der Waals surface area (Å²) < 4.78 is 8.11. The van der Waals surface area contributed by atoms with Gasteiger partial charge in [-0.05, 0) is 52.2 Å². The predicted octanol–water partition coefficient (Wildman–Crippen LogP) is 4.11. The van der Waals surface area contributed by atoms with Crippen molar-refractivity contribution in [2.24, 2.45) is 5.10 Å². The van der Waals surface area contributed by atoms with Gasteiger partial charge in [-0.15, -0.1) is 10.2 Å². The van der Waals surface area contributed by atoms with Gasteiger partial charge in [0.1, 0.15) is 5.75 Å². The van der Waals surface area contributed by atoms with Crippen LogP contribution in [0.2, 0.25) is 0 Å². The third kappa shape index (κ3) is 3.53. The largest absolute Gasteiger partial charge is 0.496 e. The minimum Gasteiger partial charge on any atom is -0.496 e. The van der Waals surface area contributed by atoms with Crippen molar-refractivity contribution in [1.29, 1.82) is 0 Å². The second-order valence-electron chi connectivity index (χ2n) is 6.67. The first kappa shape index (κ1) is 19.3. The number of aromatic nitrogens is 3. The average Bonchev–Trinajstić information content (AvgIpc) is 3.00. The number of methoxy groups -OCH3 is 1. The third-order valence-electron chi connectivity index (χ3n) is 4.78. The molecule has 29 heavy (non-hydrogen) atoms. The molecular formula is C20H18BrN5O3. The van der Waals surface area contributed by atoms with E-state index in [4.69, 9.17) is 9.84 Å². The maximum absolute atomic E-state index is 11.0. The molecule has 0 atom stereocenters. The van der Waals surface area contributed by atoms with Gasteiger partial charge < -0.3 is 4.74 Å². The number of halogens is 1. The summed E-state index contributed by atoms with van der Waals surface area (Å²) in [5.74, 6) is 2.23. The van der Waals surface area contributed by atoms with Crippen LogP contribution in [0.5, 0.6) is 5.75 Å². The van der Waals surface area contributed by atoms with Crippen molar-refractivity contribution in [3.63, 3.8) is 0 Å². The number of fused-ring (bicyclic) bond motifs is 2. The van der Waals surface area contributed by atoms with E-state index in [0.717, 1.165) is 45.7 Å². The van der Waals surface area contributed by atoms with Gasteiger partial charge in [-0.25, -0.2) is 4.68 Å². The highest BCUT2D eigenvalue weighted by molar-refractivity contribution is 9.10. The molecule has 1 aliphatic heterocycles. The monoisotopic (exact) mass is 455 g/mol. The molecular weight excluding hydrogens is 438 g/mol. The van der Waals surface area contributed by atoms with Crippen LogP contribution in [0.4, 0.5) is 5.69 Å². The molecule has 9 heteroatoms. The van der Waals surface area contributed by atoms with Gasteiger partial charge in [0, 0.05) is 36.1 Å². The minimum atomic E-state index is -0.413. The number of nitro benzene ring substituents is 1. The van der Waals surface area contributed by atoms with Crippen molar-refractivity contribution in [2.45, 2.75) is 26.2 Å². The van der Waals surface area contributed by atoms with Gasteiger partial charge in [0.15, 0.2) is 11.6 Å². The Bertz CT molecular complexity index is 1120. The fraction of sp³-hybridized carbons (Fsp3) is 0.250. The molecule has 0 radical (unpaired) electrons. The highest BCUT2D eigenvalue weighted by Crippen LogP contribution is 2.33. The molecule has 0 saturated carbocycles. The lowest BCUT2D eigenvalue weighted by Gasteiger charge is -2.13. The molecule has 0 unspecified atom stereocenters. The van der Waals surface area contributed by atoms with Crippen molar-refractivity contribution in [1.82, 2.24) is 14.9 Å². The molecule has 148 valence electrons. The first-order valence-corrected chi connectivity index (χ1v) is 9.94. The maximum atomic E-state index is 11.0. The number of nitro groups is 1. The van der Waals surface area contributed by atoms with Gasteiger partial charge >= 0.3 is 0 Å². The molecule has 0 amide bonds. The smallest absolute Gasteiger partial charge is 0.269 e. The van der Waals surface area contributed by atoms with E-state index in [1.807, 2.05) is 12.1 Å². The van der Waals surface area contributed by atoms with Crippen LogP contribution in [0.15, 0.2) is 46.0 Å². The van der Waals surface area contributed by atoms with Crippen LogP contribution < -0.4 is 4.74 Å². The third-order valence-corrected chi connectivity index (χ3v) is 5.40. The van der Waals surface area contributed by atoms with Crippen LogP contribution in [-0.2, 0) is 12.8 Å². The average molecular weight is 456 g/mol. The highest BCUT2D eigenvalue weighted by atomic mass is 79.9. The van der Waals surface area contributed by atoms with Crippen LogP contribution >= 0.6 is 15.9 Å². The van der Waals surface area contributed by atoms with Gasteiger partial charge in [0.2, 0.25) is 0 Å². The molecule has 0 N–H and O–H groups in total. The number of ether oxygens (including phenoxy) is 1. The van der Waals surface area contributed by atoms with E-state index in [1.54, 1.807) is 23.9 Å². The fourth-order valence-electron chi connectivity index (χ4n) is 3.35. The van der Waals surface area contributed by atoms with E-state index in [9.17, 15) is 10.1 Å². The van der Waals surface area contributed by atoms with Crippen molar-refractivity contribution in [3.05, 3.63) is 79.3 Å². The number of hydrogen-bond acceptors (Lipinski definition) is 6. The number of rotatable bonds is 5. The Morgan fingerprint density at radius 3 is 2.66 bits per heavy atom. The predicted molar refractivity (Wildman–Crippen MR) is 112 cm³/mol. The first-order valence-electron chi connectivity index (χ1n) is 9.15. The van der Waals surface area contributed by atoms with Gasteiger partial charge in [-0.3, -0.25) is 10.1 Å². The number of non-ortho nitro benzene ring substituents is 1. The zero-order chi connectivity index (χ0) is 20.5. The van der Waals surface area contributed by atoms with Crippen LogP contribution in [0.3, 0.4) is 0 Å². The Morgan fingerprint density at radius 1 is 1.24 bits per heavy atom. The molecule has 2 heterocycles. The molecule has 2 aromatic carbocycles. The lowest BCUT2D eigenvalue weighted by molar-refractivity contribution is -0.384. The van der Waals surface area contributed by atoms with Crippen molar-refractivity contribution in [2.75, 3.05) is 7.11 Å². The summed E-state index contributed by atoms with van der Waals surface area (Å²) >= 11 is 3.55. The molecule has 1 aromatic heterocycles. The van der Waals surface area contributed by atoms with E-state index in [-0.39, 0.29) is 5.69 Å². The normalized spacial score (nSPS) is 12.6. The summed E-state index contributed by atoms with van der Waals surface area (Å²) in [5.41, 5.74) is 3.41. The van der Waals surface area contributed by atoms with E-state index < -0.39 is 4.92 Å². The summed E-state index contributed by atoms with van der Waals surface area (Å²) in [4.78, 5) is 10.6. The number of hydrogen-bond donors (Lipinski definition) is 0. The Hall–Kier alpha value is -3.07. The summed E-state index contributed by atoms with van der Waals surface area (Å²) in [6.45, 7) is 2.08. The summed E-state index contributed by atoms with van der Waals surface area (Å²) in [5, 5.41) is 24.6. The summed E-state index contributed by atoms with van der Waals surface area (Å²) in [7, 11) is 1.61. The molecule has 0 aliphatic carbocycles. The maximum Gasteiger partial charge on any atom is 0.269 e. The Morgan fingerprint density at radius 2 is 2.00 bits per heavy atom. The van der Waals surface area contributed by atoms with Crippen LogP contribution in [0, 0.1) is 10.1 Å². The van der Waals surface area contributed by atoms with E-state index >= 15 is 0 Å². The summed E-state index contributed by atoms with van der Waals surface area (Å²) in [6.07, 6.45) is 2.24. The topological polar surface area (TPSA) is 95.4 Å². The zero-order valence-corrected chi connectivity index (χ0v) is 17.5. The van der Waals surface area contributed by atoms with Gasteiger partial charge in [-0.1, -0.05) is 6.92 Å². The first-order chi connectivity index (χ1) is 14.0. The van der Waals surface area contributed by atoms with E-state index in [2.05, 4.69) is 33.1 Å². The number of aryl methyl sites for hydroxylation is 1. The minimum absolute atomic E-state index is 0.0354. The molecule has 1 aliphatic rings. The fourth-order valence-corrected chi connectivity index (χ4v) is 3.90. The van der Waals surface area contributed by atoms with Crippen molar-refractivity contribution in [3.8, 4) is 5.75 Å². The molecule has 8 nitrogen and oxygen atoms in total. The highest BCUT2D eigenvalue weighted by Gasteiger charge is 2.24. The van der Waals surface area contributed by atoms with Crippen molar-refractivity contribution < 1.29 is 9.66 Å². The second kappa shape index (κ2) is 7.75. The number of nitrogens with zero attached hydrogens (tertiary/aromatic N) is 5. The second-order valence-corrected chi connectivity index (χ2v) is 7.52. The quantitative estimate of drug-likeness (QED) is 0.333. The molecule has 0 spiro atoms. The lowest BCUT2D eigenvalue weighted by Crippen LogP contribution is -2.09.